The predicted octanol–water partition coefficient (Wildman–Crippen LogP) is -0.728. The van der Waals surface area contributed by atoms with Gasteiger partial charge < -0.3 is 37.2 Å². The monoisotopic (exact) mass is 724 g/mol. The van der Waals surface area contributed by atoms with Crippen LogP contribution in [0.1, 0.15) is 32.4 Å². The highest BCUT2D eigenvalue weighted by atomic mass is 32.3. The summed E-state index contributed by atoms with van der Waals surface area (Å²) in [6, 6.07) is 5.65. The first-order valence-electron chi connectivity index (χ1n) is 14.9. The van der Waals surface area contributed by atoms with Gasteiger partial charge in [-0.2, -0.15) is 18.2 Å². The van der Waals surface area contributed by atoms with Crippen molar-refractivity contribution in [3.8, 4) is 16.9 Å². The fourth-order valence-corrected chi connectivity index (χ4v) is 5.74. The number of nitrogens with zero attached hydrogens (tertiary/aromatic N) is 5. The first kappa shape index (κ1) is 37.2. The number of carbonyl (C=O) groups excluding carboxylic acids is 2. The molecule has 1 unspecified atom stereocenters. The van der Waals surface area contributed by atoms with E-state index in [4.69, 9.17) is 31.3 Å². The van der Waals surface area contributed by atoms with Crippen LogP contribution in [0, 0.1) is 0 Å². The van der Waals surface area contributed by atoms with E-state index >= 15 is 0 Å². The van der Waals surface area contributed by atoms with Crippen LogP contribution in [-0.2, 0) is 47.0 Å². The minimum Gasteiger partial charge on any atom is -0.489 e. The van der Waals surface area contributed by atoms with Gasteiger partial charge in [0.05, 0.1) is 23.8 Å². The number of benzene rings is 1. The number of carboxylic acid groups (broad SMARTS) is 1. The summed E-state index contributed by atoms with van der Waals surface area (Å²) in [6.07, 6.45) is 3.98. The Morgan fingerprint density at radius 3 is 2.45 bits per heavy atom. The van der Waals surface area contributed by atoms with Crippen LogP contribution >= 0.6 is 11.3 Å². The molecule has 0 radical (unpaired) electrons. The summed E-state index contributed by atoms with van der Waals surface area (Å²) in [5.41, 5.74) is 16.9. The zero-order valence-corrected chi connectivity index (χ0v) is 28.2. The van der Waals surface area contributed by atoms with E-state index in [0.29, 0.717) is 23.9 Å². The molecule has 1 saturated heterocycles. The molecule has 2 atom stereocenters. The van der Waals surface area contributed by atoms with Crippen LogP contribution in [0.4, 0.5) is 5.13 Å². The van der Waals surface area contributed by atoms with Gasteiger partial charge in [-0.15, -0.1) is 20.3 Å². The third-order valence-corrected chi connectivity index (χ3v) is 8.34. The maximum Gasteiger partial charge on any atom is 0.418 e. The molecule has 1 aromatic carbocycles. The molecule has 0 spiro atoms. The molecule has 3 aromatic rings. The number of aliphatic carboxylic acids is 1. The Kier molecular flexibility index (Phi) is 11.9. The number of nitrogen functional groups attached to an aromatic ring is 1. The molecule has 3 heterocycles. The molecule has 4 rings (SSSR count). The first-order valence-corrected chi connectivity index (χ1v) is 17.1. The number of hydrogen-bond acceptors (Lipinski definition) is 14. The van der Waals surface area contributed by atoms with Gasteiger partial charge in [0, 0.05) is 11.8 Å². The summed E-state index contributed by atoms with van der Waals surface area (Å²) >= 11 is 0.959. The highest BCUT2D eigenvalue weighted by Gasteiger charge is 2.58. The number of hydrogen-bond donors (Lipinski definition) is 6. The molecule has 0 saturated carbocycles. The van der Waals surface area contributed by atoms with Crippen molar-refractivity contribution in [1.82, 2.24) is 20.0 Å². The van der Waals surface area contributed by atoms with Gasteiger partial charge in [-0.3, -0.25) is 14.1 Å². The molecule has 266 valence electrons. The number of β-lactam (4-membered cyclic amide) rings is 1. The molecule has 1 aliphatic rings. The molecule has 0 aliphatic carbocycles. The third kappa shape index (κ3) is 9.28. The Morgan fingerprint density at radius 1 is 1.18 bits per heavy atom. The van der Waals surface area contributed by atoms with Crippen molar-refractivity contribution in [2.24, 2.45) is 16.6 Å². The van der Waals surface area contributed by atoms with Crippen molar-refractivity contribution in [3.05, 3.63) is 47.7 Å². The molecule has 2 amide bonds. The van der Waals surface area contributed by atoms with Gasteiger partial charge in [-0.05, 0) is 51.1 Å². The number of nitrogens with one attached hydrogen (secondary N) is 1. The summed E-state index contributed by atoms with van der Waals surface area (Å²) in [5.74, 6) is -3.13. The summed E-state index contributed by atoms with van der Waals surface area (Å²) in [6.45, 7) is 4.85. The number of aryl methyl sites for hydroxylation is 2. The maximum absolute atomic E-state index is 13.2. The molecule has 9 N–H and O–H groups in total. The fourth-order valence-electron chi connectivity index (χ4n) is 4.74. The standard InChI is InChI=1S/C28H37N9O10S2/c1-28(2)23(25(39)37(28)47-49(42,43)44)33-24(38)22(20-16-48-27(31)32-20)34-46-21(26(40)41)15-45-19-7-5-17(6-8-19)18-13-35(11-3-9-29)36(14-18)12-4-10-30/h5-8,13-14,16,21,23H,3-4,9-12,15,29-30H2,1-2H3,(H4-,31,32,33,38,40,41,42,43,44)/p+1/b34-22-/t21?,23-/m1/s1. The summed E-state index contributed by atoms with van der Waals surface area (Å²) < 4.78 is 45.3. The molecule has 49 heavy (non-hydrogen) atoms. The second-order valence-electron chi connectivity index (χ2n) is 11.3. The Morgan fingerprint density at radius 2 is 1.88 bits per heavy atom. The van der Waals surface area contributed by atoms with Crippen LogP contribution in [0.15, 0.2) is 47.2 Å². The number of aromatic nitrogens is 3. The van der Waals surface area contributed by atoms with E-state index in [1.165, 1.54) is 19.2 Å². The zero-order valence-electron chi connectivity index (χ0n) is 26.6. The van der Waals surface area contributed by atoms with Gasteiger partial charge in [0.15, 0.2) is 17.4 Å². The number of oxime groups is 1. The van der Waals surface area contributed by atoms with Crippen LogP contribution in [0.2, 0.25) is 0 Å². The Bertz CT molecular complexity index is 1770. The van der Waals surface area contributed by atoms with Crippen molar-refractivity contribution in [2.45, 2.75) is 57.5 Å². The second-order valence-corrected chi connectivity index (χ2v) is 13.2. The summed E-state index contributed by atoms with van der Waals surface area (Å²) in [4.78, 5) is 47.0. The summed E-state index contributed by atoms with van der Waals surface area (Å²) in [5, 5.41) is 17.7. The number of thiazole rings is 1. The van der Waals surface area contributed by atoms with Crippen molar-refractivity contribution >= 4 is 50.4 Å². The van der Waals surface area contributed by atoms with Gasteiger partial charge in [0.1, 0.15) is 24.1 Å². The first-order chi connectivity index (χ1) is 23.1. The van der Waals surface area contributed by atoms with E-state index in [1.807, 2.05) is 24.5 Å². The quantitative estimate of drug-likeness (QED) is 0.0310. The topological polar surface area (TPSA) is 281 Å². The molecule has 1 aliphatic heterocycles. The number of carbonyl (C=O) groups is 3. The number of rotatable bonds is 18. The Labute approximate surface area is 285 Å². The van der Waals surface area contributed by atoms with Crippen molar-refractivity contribution in [1.29, 1.82) is 0 Å². The van der Waals surface area contributed by atoms with Gasteiger partial charge in [0.2, 0.25) is 6.20 Å². The fraction of sp³-hybridized carbons (Fsp3) is 0.429. The number of anilines is 1. The van der Waals surface area contributed by atoms with Gasteiger partial charge >= 0.3 is 16.4 Å². The largest absolute Gasteiger partial charge is 0.489 e. The number of hydroxylamine groups is 2. The van der Waals surface area contributed by atoms with Crippen LogP contribution in [-0.4, -0.2) is 93.7 Å². The van der Waals surface area contributed by atoms with E-state index in [9.17, 15) is 27.9 Å². The highest BCUT2D eigenvalue weighted by molar-refractivity contribution is 7.80. The predicted molar refractivity (Wildman–Crippen MR) is 174 cm³/mol. The van der Waals surface area contributed by atoms with E-state index in [2.05, 4.69) is 29.1 Å². The average molecular weight is 725 g/mol. The molecule has 0 bridgehead atoms. The van der Waals surface area contributed by atoms with Gasteiger partial charge in [-0.1, -0.05) is 17.3 Å². The average Bonchev–Trinajstić information content (AvgIpc) is 3.67. The summed E-state index contributed by atoms with van der Waals surface area (Å²) in [7, 11) is -5.02. The van der Waals surface area contributed by atoms with Crippen molar-refractivity contribution in [3.63, 3.8) is 0 Å². The lowest BCUT2D eigenvalue weighted by molar-refractivity contribution is -0.775. The lowest BCUT2D eigenvalue weighted by Crippen LogP contribution is -2.76. The van der Waals surface area contributed by atoms with E-state index in [0.717, 1.165) is 48.4 Å². The van der Waals surface area contributed by atoms with Crippen LogP contribution in [0.25, 0.3) is 11.1 Å². The second kappa shape index (κ2) is 15.7. The minimum atomic E-state index is -5.02. The lowest BCUT2D eigenvalue weighted by Gasteiger charge is -2.50. The van der Waals surface area contributed by atoms with Crippen molar-refractivity contribution in [2.75, 3.05) is 25.4 Å². The van der Waals surface area contributed by atoms with Crippen LogP contribution in [0.3, 0.4) is 0 Å². The minimum absolute atomic E-state index is 0.0577. The Balaban J connectivity index is 1.45. The molecule has 21 heteroatoms. The number of carboxylic acids is 1. The number of nitrogens with two attached hydrogens (primary N) is 3. The smallest absolute Gasteiger partial charge is 0.418 e. The molecule has 1 fully saturated rings. The van der Waals surface area contributed by atoms with Gasteiger partial charge in [0.25, 0.3) is 17.9 Å². The Hall–Kier alpha value is -4.67. The highest BCUT2D eigenvalue weighted by Crippen LogP contribution is 2.33. The van der Waals surface area contributed by atoms with Crippen LogP contribution < -0.4 is 31.9 Å². The van der Waals surface area contributed by atoms with Gasteiger partial charge in [-0.25, -0.2) is 9.78 Å². The lowest BCUT2D eigenvalue weighted by atomic mass is 9.84. The molecule has 19 nitrogen and oxygen atoms in total. The van der Waals surface area contributed by atoms with Crippen molar-refractivity contribution < 1.29 is 51.0 Å². The van der Waals surface area contributed by atoms with E-state index in [1.54, 1.807) is 12.1 Å². The third-order valence-electron chi connectivity index (χ3n) is 7.33. The number of amides is 2. The van der Waals surface area contributed by atoms with E-state index < -0.39 is 58.2 Å². The molecule has 2 aromatic heterocycles. The van der Waals surface area contributed by atoms with E-state index in [-0.39, 0.29) is 10.8 Å². The molecular formula is C28H38N9O10S2+. The molecular weight excluding hydrogens is 686 g/mol. The zero-order chi connectivity index (χ0) is 35.9. The maximum atomic E-state index is 13.2. The number of ether oxygens (including phenoxy) is 1. The SMILES string of the molecule is CC1(C)[C@H](NC(=O)/C(=N\OC(COc2ccc(-c3cn(CCCN)[n+](CCCN)c3)cc2)C(=O)O)c2csc(N)n2)C(=O)N1OS(=O)(=O)O. The van der Waals surface area contributed by atoms with Crippen LogP contribution in [0.5, 0.6) is 5.75 Å². The normalized spacial score (nSPS) is 16.6.